The maximum absolute atomic E-state index is 13.4. The Morgan fingerprint density at radius 2 is 1.95 bits per heavy atom. The quantitative estimate of drug-likeness (QED) is 0.254. The number of aliphatic hydroxyl groups excluding tert-OH is 2. The Balaban J connectivity index is 1.71. The van der Waals surface area contributed by atoms with Gasteiger partial charge in [0.25, 0.3) is 0 Å². The van der Waals surface area contributed by atoms with Gasteiger partial charge < -0.3 is 30.6 Å². The number of benzene rings is 1. The molecule has 2 fully saturated rings. The highest BCUT2D eigenvalue weighted by Crippen LogP contribution is 2.36. The summed E-state index contributed by atoms with van der Waals surface area (Å²) in [4.78, 5) is 14.1. The lowest BCUT2D eigenvalue weighted by molar-refractivity contribution is 0.0187. The molecule has 1 atom stereocenters. The zero-order chi connectivity index (χ0) is 28.3. The molecular formula is C28H38ClFN6O3. The van der Waals surface area contributed by atoms with E-state index in [0.29, 0.717) is 64.9 Å². The number of ether oxygens (including phenoxy) is 1. The van der Waals surface area contributed by atoms with E-state index in [1.54, 1.807) is 39.1 Å². The summed E-state index contributed by atoms with van der Waals surface area (Å²) in [5.74, 6) is 1.57. The third-order valence-corrected chi connectivity index (χ3v) is 7.63. The standard InChI is InChI=1S/C28H38ClFN6O3/c1-16-26(25(17(2)31)18(3)37)33-27(23-11-22(5-6-24(23)29)39-15-21(38)12-32-4)34-28(16)35-9-7-20(8-10-35)36-13-19(30)14-36/h5-6,11,19-21,31-32,37-38H,7-10,12-15H2,1-4H3/b25-18+,31-17?/t21-/m1/s1. The monoisotopic (exact) mass is 560 g/mol. The van der Waals surface area contributed by atoms with Crippen molar-refractivity contribution in [1.82, 2.24) is 20.2 Å². The number of hydrogen-bond donors (Lipinski definition) is 4. The van der Waals surface area contributed by atoms with E-state index in [-0.39, 0.29) is 18.1 Å². The maximum Gasteiger partial charge on any atom is 0.163 e. The van der Waals surface area contributed by atoms with Crippen LogP contribution in [0.2, 0.25) is 5.02 Å². The van der Waals surface area contributed by atoms with E-state index in [4.69, 9.17) is 31.7 Å². The van der Waals surface area contributed by atoms with Gasteiger partial charge in [0.15, 0.2) is 5.82 Å². The zero-order valence-electron chi connectivity index (χ0n) is 23.0. The largest absolute Gasteiger partial charge is 0.512 e. The number of alkyl halides is 1. The molecule has 2 aliphatic heterocycles. The van der Waals surface area contributed by atoms with Gasteiger partial charge >= 0.3 is 0 Å². The van der Waals surface area contributed by atoms with Gasteiger partial charge in [0, 0.05) is 55.6 Å². The maximum atomic E-state index is 13.4. The number of nitrogens with one attached hydrogen (secondary N) is 2. The average molecular weight is 561 g/mol. The fourth-order valence-corrected chi connectivity index (χ4v) is 5.45. The van der Waals surface area contributed by atoms with Crippen molar-refractivity contribution in [2.75, 3.05) is 51.3 Å². The number of rotatable bonds is 10. The molecule has 2 aliphatic rings. The Hall–Kier alpha value is -2.79. The first-order valence-corrected chi connectivity index (χ1v) is 13.7. The molecule has 1 aromatic carbocycles. The smallest absolute Gasteiger partial charge is 0.163 e. The molecule has 0 unspecified atom stereocenters. The molecule has 11 heteroatoms. The van der Waals surface area contributed by atoms with Gasteiger partial charge in [0.2, 0.25) is 0 Å². The third-order valence-electron chi connectivity index (χ3n) is 7.30. The van der Waals surface area contributed by atoms with Crippen LogP contribution in [0, 0.1) is 12.3 Å². The molecule has 212 valence electrons. The first kappa shape index (κ1) is 29.2. The fraction of sp³-hybridized carbons (Fsp3) is 0.536. The first-order valence-electron chi connectivity index (χ1n) is 13.3. The zero-order valence-corrected chi connectivity index (χ0v) is 23.7. The number of hydrogen-bond acceptors (Lipinski definition) is 9. The first-order chi connectivity index (χ1) is 18.6. The van der Waals surface area contributed by atoms with E-state index in [2.05, 4.69) is 15.1 Å². The summed E-state index contributed by atoms with van der Waals surface area (Å²) in [7, 11) is 1.76. The summed E-state index contributed by atoms with van der Waals surface area (Å²) in [6, 6.07) is 5.52. The third kappa shape index (κ3) is 6.69. The Labute approximate surface area is 234 Å². The molecule has 4 N–H and O–H groups in total. The van der Waals surface area contributed by atoms with E-state index in [9.17, 15) is 14.6 Å². The molecule has 0 amide bonds. The van der Waals surface area contributed by atoms with Crippen molar-refractivity contribution in [2.24, 2.45) is 0 Å². The molecule has 2 aromatic rings. The summed E-state index contributed by atoms with van der Waals surface area (Å²) in [5, 5.41) is 32.2. The van der Waals surface area contributed by atoms with E-state index in [1.165, 1.54) is 0 Å². The molecule has 39 heavy (non-hydrogen) atoms. The minimum atomic E-state index is -0.718. The number of aromatic nitrogens is 2. The predicted octanol–water partition coefficient (Wildman–Crippen LogP) is 4.02. The summed E-state index contributed by atoms with van der Waals surface area (Å²) >= 11 is 6.62. The lowest BCUT2D eigenvalue weighted by atomic mass is 9.97. The summed E-state index contributed by atoms with van der Waals surface area (Å²) < 4.78 is 19.2. The van der Waals surface area contributed by atoms with Gasteiger partial charge in [-0.05, 0) is 58.9 Å². The summed E-state index contributed by atoms with van der Waals surface area (Å²) in [5.41, 5.74) is 2.31. The van der Waals surface area contributed by atoms with Crippen LogP contribution in [-0.2, 0) is 0 Å². The van der Waals surface area contributed by atoms with Crippen molar-refractivity contribution in [3.05, 3.63) is 40.2 Å². The van der Waals surface area contributed by atoms with Crippen LogP contribution in [0.5, 0.6) is 5.75 Å². The Morgan fingerprint density at radius 3 is 2.54 bits per heavy atom. The molecule has 0 saturated carbocycles. The van der Waals surface area contributed by atoms with Gasteiger partial charge in [0.05, 0.1) is 16.3 Å². The van der Waals surface area contributed by atoms with Crippen LogP contribution in [-0.4, -0.2) is 95.5 Å². The Kier molecular flexibility index (Phi) is 9.43. The molecule has 9 nitrogen and oxygen atoms in total. The number of anilines is 1. The van der Waals surface area contributed by atoms with Crippen LogP contribution >= 0.6 is 11.6 Å². The van der Waals surface area contributed by atoms with Crippen LogP contribution in [0.1, 0.15) is 37.9 Å². The molecular weight excluding hydrogens is 523 g/mol. The van der Waals surface area contributed by atoms with Crippen molar-refractivity contribution >= 4 is 28.7 Å². The highest BCUT2D eigenvalue weighted by atomic mass is 35.5. The van der Waals surface area contributed by atoms with Crippen LogP contribution in [0.3, 0.4) is 0 Å². The van der Waals surface area contributed by atoms with Gasteiger partial charge in [-0.25, -0.2) is 14.4 Å². The van der Waals surface area contributed by atoms with Gasteiger partial charge in [-0.3, -0.25) is 4.90 Å². The van der Waals surface area contributed by atoms with Crippen LogP contribution in [0.25, 0.3) is 17.0 Å². The van der Waals surface area contributed by atoms with E-state index in [0.717, 1.165) is 31.5 Å². The number of nitrogens with zero attached hydrogens (tertiary/aromatic N) is 4. The van der Waals surface area contributed by atoms with Gasteiger partial charge in [-0.15, -0.1) is 0 Å². The highest BCUT2D eigenvalue weighted by Gasteiger charge is 2.35. The molecule has 0 spiro atoms. The second-order valence-corrected chi connectivity index (χ2v) is 10.8. The second kappa shape index (κ2) is 12.6. The second-order valence-electron chi connectivity index (χ2n) is 10.4. The molecule has 0 bridgehead atoms. The van der Waals surface area contributed by atoms with Crippen molar-refractivity contribution in [2.45, 2.75) is 51.9 Å². The van der Waals surface area contributed by atoms with E-state index < -0.39 is 12.3 Å². The number of aliphatic hydroxyl groups is 2. The van der Waals surface area contributed by atoms with Crippen LogP contribution in [0.4, 0.5) is 10.2 Å². The minimum Gasteiger partial charge on any atom is -0.512 e. The number of piperidine rings is 1. The minimum absolute atomic E-state index is 0.000158. The van der Waals surface area contributed by atoms with Gasteiger partial charge in [-0.1, -0.05) is 11.6 Å². The summed E-state index contributed by atoms with van der Waals surface area (Å²) in [6.45, 7) is 8.08. The number of likely N-dealkylation sites (tertiary alicyclic amines) is 1. The van der Waals surface area contributed by atoms with E-state index in [1.807, 2.05) is 6.92 Å². The molecule has 3 heterocycles. The molecule has 4 rings (SSSR count). The molecule has 0 radical (unpaired) electrons. The predicted molar refractivity (Wildman–Crippen MR) is 153 cm³/mol. The van der Waals surface area contributed by atoms with Crippen molar-refractivity contribution in [3.63, 3.8) is 0 Å². The molecule has 1 aromatic heterocycles. The Morgan fingerprint density at radius 1 is 1.26 bits per heavy atom. The SMILES string of the molecule is CNC[C@@H](O)COc1ccc(Cl)c(-c2nc(/C(C(C)=N)=C(\C)O)c(C)c(N3CCC(N4CC(F)C4)CC3)n2)c1. The van der Waals surface area contributed by atoms with Crippen LogP contribution < -0.4 is 15.0 Å². The van der Waals surface area contributed by atoms with Crippen molar-refractivity contribution in [3.8, 4) is 17.1 Å². The van der Waals surface area contributed by atoms with Crippen molar-refractivity contribution < 1.29 is 19.3 Å². The fourth-order valence-electron chi connectivity index (χ4n) is 5.25. The number of likely N-dealkylation sites (N-methyl/N-ethyl adjacent to an activating group) is 1. The molecule has 0 aliphatic carbocycles. The number of halogens is 2. The number of allylic oxidation sites excluding steroid dienone is 2. The Bertz CT molecular complexity index is 1220. The summed E-state index contributed by atoms with van der Waals surface area (Å²) in [6.07, 6.45) is 0.398. The highest BCUT2D eigenvalue weighted by molar-refractivity contribution is 6.33. The molecule has 2 saturated heterocycles. The van der Waals surface area contributed by atoms with Crippen molar-refractivity contribution in [1.29, 1.82) is 5.41 Å². The topological polar surface area (TPSA) is 118 Å². The average Bonchev–Trinajstić information content (AvgIpc) is 2.87. The lowest BCUT2D eigenvalue weighted by Crippen LogP contribution is -2.56. The lowest BCUT2D eigenvalue weighted by Gasteiger charge is -2.45. The van der Waals surface area contributed by atoms with Gasteiger partial charge in [0.1, 0.15) is 36.2 Å². The van der Waals surface area contributed by atoms with Crippen LogP contribution in [0.15, 0.2) is 24.0 Å². The van der Waals surface area contributed by atoms with E-state index >= 15 is 0 Å². The van der Waals surface area contributed by atoms with Gasteiger partial charge in [-0.2, -0.15) is 0 Å². The normalized spacial score (nSPS) is 18.5.